The number of amides is 1. The van der Waals surface area contributed by atoms with Gasteiger partial charge in [0.05, 0.1) is 6.20 Å². The first-order valence-electron chi connectivity index (χ1n) is 11.1. The molecule has 1 atom stereocenters. The normalized spacial score (nSPS) is 22.7. The van der Waals surface area contributed by atoms with Gasteiger partial charge in [-0.05, 0) is 54.8 Å². The minimum atomic E-state index is 0.293. The third-order valence-corrected chi connectivity index (χ3v) is 6.77. The zero-order valence-corrected chi connectivity index (χ0v) is 17.9. The highest BCUT2D eigenvalue weighted by molar-refractivity contribution is 5.76. The van der Waals surface area contributed by atoms with Gasteiger partial charge in [0, 0.05) is 44.2 Å². The van der Waals surface area contributed by atoms with Gasteiger partial charge in [-0.3, -0.25) is 14.8 Å². The Bertz CT molecular complexity index is 799. The number of carbonyl (C=O) groups is 1. The van der Waals surface area contributed by atoms with Crippen LogP contribution in [0.15, 0.2) is 36.7 Å². The summed E-state index contributed by atoms with van der Waals surface area (Å²) in [6.45, 7) is 9.64. The fraction of sp³-hybridized carbons (Fsp3) is 0.583. The highest BCUT2D eigenvalue weighted by Gasteiger charge is 2.42. The lowest BCUT2D eigenvalue weighted by atomic mass is 9.79. The molecule has 1 amide bonds. The molecule has 2 fully saturated rings. The number of H-pyrrole nitrogens is 1. The Morgan fingerprint density at radius 2 is 1.97 bits per heavy atom. The number of piperidine rings is 1. The molecular weight excluding hydrogens is 360 g/mol. The Kier molecular flexibility index (Phi) is 6.04. The van der Waals surface area contributed by atoms with Crippen molar-refractivity contribution in [3.8, 4) is 0 Å². The number of hydrogen-bond acceptors (Lipinski definition) is 3. The number of aromatic amines is 1. The van der Waals surface area contributed by atoms with Crippen LogP contribution in [-0.2, 0) is 17.8 Å². The summed E-state index contributed by atoms with van der Waals surface area (Å²) >= 11 is 0. The molecule has 0 bridgehead atoms. The summed E-state index contributed by atoms with van der Waals surface area (Å²) in [6.07, 6.45) is 8.69. The summed E-state index contributed by atoms with van der Waals surface area (Å²) in [5.74, 6) is 0.877. The molecule has 1 spiro atoms. The Balaban J connectivity index is 1.31. The van der Waals surface area contributed by atoms with Gasteiger partial charge >= 0.3 is 0 Å². The number of hydrogen-bond donors (Lipinski definition) is 1. The van der Waals surface area contributed by atoms with Crippen LogP contribution in [0, 0.1) is 5.41 Å². The summed E-state index contributed by atoms with van der Waals surface area (Å²) in [5.41, 5.74) is 4.21. The fourth-order valence-corrected chi connectivity index (χ4v) is 5.02. The molecule has 2 aliphatic heterocycles. The molecule has 156 valence electrons. The van der Waals surface area contributed by atoms with Crippen LogP contribution in [0.4, 0.5) is 0 Å². The van der Waals surface area contributed by atoms with E-state index in [0.717, 1.165) is 44.6 Å². The van der Waals surface area contributed by atoms with Crippen molar-refractivity contribution in [1.29, 1.82) is 0 Å². The number of nitrogens with zero attached hydrogens (tertiary/aromatic N) is 3. The summed E-state index contributed by atoms with van der Waals surface area (Å²) in [5, 5.41) is 6.79. The average molecular weight is 395 g/mol. The Morgan fingerprint density at radius 1 is 1.14 bits per heavy atom. The van der Waals surface area contributed by atoms with Crippen LogP contribution >= 0.6 is 0 Å². The first-order valence-corrected chi connectivity index (χ1v) is 11.1. The highest BCUT2D eigenvalue weighted by Crippen LogP contribution is 2.39. The summed E-state index contributed by atoms with van der Waals surface area (Å²) < 4.78 is 0. The molecule has 2 aliphatic rings. The van der Waals surface area contributed by atoms with E-state index < -0.39 is 0 Å². The lowest BCUT2D eigenvalue weighted by molar-refractivity contribution is -0.130. The maximum Gasteiger partial charge on any atom is 0.222 e. The van der Waals surface area contributed by atoms with Crippen LogP contribution in [0.5, 0.6) is 0 Å². The van der Waals surface area contributed by atoms with Gasteiger partial charge in [-0.25, -0.2) is 0 Å². The van der Waals surface area contributed by atoms with Gasteiger partial charge in [0.25, 0.3) is 0 Å². The molecule has 0 unspecified atom stereocenters. The van der Waals surface area contributed by atoms with Crippen LogP contribution in [0.3, 0.4) is 0 Å². The molecule has 2 saturated heterocycles. The van der Waals surface area contributed by atoms with Crippen molar-refractivity contribution in [2.75, 3.05) is 26.2 Å². The molecule has 0 radical (unpaired) electrons. The second kappa shape index (κ2) is 8.70. The van der Waals surface area contributed by atoms with Gasteiger partial charge in [-0.1, -0.05) is 38.1 Å². The van der Waals surface area contributed by atoms with Crippen LogP contribution in [-0.4, -0.2) is 52.1 Å². The predicted molar refractivity (Wildman–Crippen MR) is 116 cm³/mol. The number of likely N-dealkylation sites (tertiary alicyclic amines) is 2. The van der Waals surface area contributed by atoms with Gasteiger partial charge in [0.2, 0.25) is 5.91 Å². The second-order valence-corrected chi connectivity index (χ2v) is 9.38. The SMILES string of the molecule is CC(C)c1ccc(CN2CCC[C@@]3(CCN(C(=O)CCc4cn[nH]c4)C3)C2)cc1. The molecule has 2 aromatic rings. The van der Waals surface area contributed by atoms with E-state index in [0.29, 0.717) is 23.7 Å². The zero-order chi connectivity index (χ0) is 20.3. The van der Waals surface area contributed by atoms with E-state index in [1.807, 2.05) is 12.4 Å². The van der Waals surface area contributed by atoms with Crippen LogP contribution in [0.1, 0.15) is 62.1 Å². The summed E-state index contributed by atoms with van der Waals surface area (Å²) in [6, 6.07) is 9.12. The van der Waals surface area contributed by atoms with Gasteiger partial charge in [-0.15, -0.1) is 0 Å². The van der Waals surface area contributed by atoms with Crippen molar-refractivity contribution in [2.24, 2.45) is 5.41 Å². The smallest absolute Gasteiger partial charge is 0.222 e. The lowest BCUT2D eigenvalue weighted by Gasteiger charge is -2.40. The van der Waals surface area contributed by atoms with Crippen LogP contribution in [0.2, 0.25) is 0 Å². The lowest BCUT2D eigenvalue weighted by Crippen LogP contribution is -2.45. The topological polar surface area (TPSA) is 52.2 Å². The van der Waals surface area contributed by atoms with E-state index in [1.165, 1.54) is 30.5 Å². The van der Waals surface area contributed by atoms with Gasteiger partial charge < -0.3 is 4.90 Å². The van der Waals surface area contributed by atoms with Gasteiger partial charge in [0.1, 0.15) is 0 Å². The quantitative estimate of drug-likeness (QED) is 0.806. The second-order valence-electron chi connectivity index (χ2n) is 9.38. The molecule has 1 aromatic carbocycles. The molecule has 29 heavy (non-hydrogen) atoms. The Hall–Kier alpha value is -2.14. The molecular formula is C24H34N4O. The van der Waals surface area contributed by atoms with Crippen LogP contribution < -0.4 is 0 Å². The number of rotatable bonds is 6. The van der Waals surface area contributed by atoms with E-state index in [2.05, 4.69) is 58.1 Å². The zero-order valence-electron chi connectivity index (χ0n) is 17.9. The Morgan fingerprint density at radius 3 is 2.69 bits per heavy atom. The monoisotopic (exact) mass is 394 g/mol. The highest BCUT2D eigenvalue weighted by atomic mass is 16.2. The van der Waals surface area contributed by atoms with Crippen molar-refractivity contribution < 1.29 is 4.79 Å². The summed E-state index contributed by atoms with van der Waals surface area (Å²) in [4.78, 5) is 17.4. The molecule has 1 aromatic heterocycles. The van der Waals surface area contributed by atoms with Crippen molar-refractivity contribution in [3.63, 3.8) is 0 Å². The maximum atomic E-state index is 12.7. The minimum Gasteiger partial charge on any atom is -0.342 e. The van der Waals surface area contributed by atoms with Crippen molar-refractivity contribution >= 4 is 5.91 Å². The van der Waals surface area contributed by atoms with Gasteiger partial charge in [0.15, 0.2) is 0 Å². The van der Waals surface area contributed by atoms with E-state index in [4.69, 9.17) is 0 Å². The van der Waals surface area contributed by atoms with E-state index >= 15 is 0 Å². The largest absolute Gasteiger partial charge is 0.342 e. The molecule has 5 nitrogen and oxygen atoms in total. The third-order valence-electron chi connectivity index (χ3n) is 6.77. The number of aryl methyl sites for hydroxylation is 1. The molecule has 5 heteroatoms. The first-order chi connectivity index (χ1) is 14.0. The van der Waals surface area contributed by atoms with Crippen molar-refractivity contribution in [1.82, 2.24) is 20.0 Å². The van der Waals surface area contributed by atoms with E-state index in [1.54, 1.807) is 0 Å². The average Bonchev–Trinajstić information content (AvgIpc) is 3.37. The Labute approximate surface area is 174 Å². The van der Waals surface area contributed by atoms with Crippen LogP contribution in [0.25, 0.3) is 0 Å². The van der Waals surface area contributed by atoms with E-state index in [9.17, 15) is 4.79 Å². The molecule has 0 saturated carbocycles. The molecule has 4 rings (SSSR count). The minimum absolute atomic E-state index is 0.293. The first kappa shape index (κ1) is 20.1. The molecule has 3 heterocycles. The third kappa shape index (κ3) is 4.89. The standard InChI is InChI=1S/C24H34N4O/c1-19(2)22-7-4-20(5-8-22)16-27-12-3-10-24(17-27)11-13-28(18-24)23(29)9-6-21-14-25-26-15-21/h4-5,7-8,14-15,19H,3,6,9-13,16-18H2,1-2H3,(H,25,26)/t24-/m1/s1. The number of aromatic nitrogens is 2. The van der Waals surface area contributed by atoms with Crippen molar-refractivity contribution in [2.45, 2.75) is 58.4 Å². The predicted octanol–water partition coefficient (Wildman–Crippen LogP) is 3.98. The molecule has 1 N–H and O–H groups in total. The molecule has 0 aliphatic carbocycles. The van der Waals surface area contributed by atoms with E-state index in [-0.39, 0.29) is 0 Å². The van der Waals surface area contributed by atoms with Crippen molar-refractivity contribution in [3.05, 3.63) is 53.3 Å². The van der Waals surface area contributed by atoms with Gasteiger partial charge in [-0.2, -0.15) is 5.10 Å². The number of carbonyl (C=O) groups excluding carboxylic acids is 1. The summed E-state index contributed by atoms with van der Waals surface area (Å²) in [7, 11) is 0. The maximum absolute atomic E-state index is 12.7. The fourth-order valence-electron chi connectivity index (χ4n) is 5.02. The number of benzene rings is 1. The number of nitrogens with one attached hydrogen (secondary N) is 1.